The van der Waals surface area contributed by atoms with Crippen LogP contribution in [0.3, 0.4) is 0 Å². The van der Waals surface area contributed by atoms with Gasteiger partial charge in [-0.05, 0) is 42.0 Å². The lowest BCUT2D eigenvalue weighted by atomic mass is 10.1. The number of aromatic nitrogens is 2. The lowest BCUT2D eigenvalue weighted by Crippen LogP contribution is -2.21. The van der Waals surface area contributed by atoms with Crippen molar-refractivity contribution in [2.24, 2.45) is 7.05 Å². The molecular formula is C25H20N2O2. The maximum absolute atomic E-state index is 13.8. The summed E-state index contributed by atoms with van der Waals surface area (Å²) in [4.78, 5) is 13.8. The van der Waals surface area contributed by atoms with Crippen LogP contribution in [-0.4, -0.2) is 16.2 Å². The summed E-state index contributed by atoms with van der Waals surface area (Å²) in [5.41, 5.74) is 4.37. The van der Waals surface area contributed by atoms with Gasteiger partial charge < -0.3 is 9.30 Å². The summed E-state index contributed by atoms with van der Waals surface area (Å²) < 4.78 is 9.06. The van der Waals surface area contributed by atoms with Gasteiger partial charge in [0.1, 0.15) is 11.3 Å². The van der Waals surface area contributed by atoms with E-state index in [2.05, 4.69) is 18.2 Å². The number of rotatable bonds is 3. The number of nitrogens with zero attached hydrogens (tertiary/aromatic N) is 2. The van der Waals surface area contributed by atoms with Crippen molar-refractivity contribution in [3.8, 4) is 22.7 Å². The van der Waals surface area contributed by atoms with Crippen LogP contribution in [0.1, 0.15) is 0 Å². The number of benzene rings is 3. The van der Waals surface area contributed by atoms with Crippen LogP contribution in [0.5, 0.6) is 5.75 Å². The number of aryl methyl sites for hydroxylation is 1. The van der Waals surface area contributed by atoms with E-state index < -0.39 is 0 Å². The second-order valence-electron chi connectivity index (χ2n) is 7.07. The second kappa shape index (κ2) is 6.67. The summed E-state index contributed by atoms with van der Waals surface area (Å²) in [5.74, 6) is 0.758. The van der Waals surface area contributed by atoms with Crippen LogP contribution in [0.2, 0.25) is 0 Å². The lowest BCUT2D eigenvalue weighted by Gasteiger charge is -2.15. The number of fused-ring (bicyclic) bond motifs is 3. The molecule has 142 valence electrons. The highest BCUT2D eigenvalue weighted by molar-refractivity contribution is 6.08. The van der Waals surface area contributed by atoms with Crippen molar-refractivity contribution in [1.29, 1.82) is 0 Å². The fourth-order valence-electron chi connectivity index (χ4n) is 4.05. The molecule has 5 aromatic rings. The molecule has 0 saturated carbocycles. The van der Waals surface area contributed by atoms with Gasteiger partial charge in [-0.25, -0.2) is 0 Å². The van der Waals surface area contributed by atoms with Crippen molar-refractivity contribution >= 4 is 21.8 Å². The Bertz CT molecular complexity index is 1390. The van der Waals surface area contributed by atoms with Gasteiger partial charge in [0.25, 0.3) is 5.56 Å². The zero-order chi connectivity index (χ0) is 20.0. The van der Waals surface area contributed by atoms with Crippen LogP contribution in [0.4, 0.5) is 0 Å². The Kier molecular flexibility index (Phi) is 3.98. The molecule has 0 amide bonds. The molecule has 4 nitrogen and oxygen atoms in total. The topological polar surface area (TPSA) is 36.2 Å². The molecule has 0 bridgehead atoms. The van der Waals surface area contributed by atoms with E-state index >= 15 is 0 Å². The lowest BCUT2D eigenvalue weighted by molar-refractivity contribution is 0.414. The first-order chi connectivity index (χ1) is 14.2. The molecule has 0 fully saturated rings. The Morgan fingerprint density at radius 2 is 1.48 bits per heavy atom. The predicted molar refractivity (Wildman–Crippen MR) is 118 cm³/mol. The molecule has 2 aromatic heterocycles. The van der Waals surface area contributed by atoms with Gasteiger partial charge in [0.2, 0.25) is 0 Å². The van der Waals surface area contributed by atoms with Crippen molar-refractivity contribution in [2.45, 2.75) is 0 Å². The Hall–Kier alpha value is -3.79. The van der Waals surface area contributed by atoms with Crippen molar-refractivity contribution in [1.82, 2.24) is 9.13 Å². The number of para-hydroxylation sites is 1. The van der Waals surface area contributed by atoms with Crippen molar-refractivity contribution in [3.63, 3.8) is 0 Å². The summed E-state index contributed by atoms with van der Waals surface area (Å²) in [6, 6.07) is 27.9. The fraction of sp³-hybridized carbons (Fsp3) is 0.0800. The summed E-state index contributed by atoms with van der Waals surface area (Å²) in [7, 11) is 3.59. The quantitative estimate of drug-likeness (QED) is 0.434. The Balaban J connectivity index is 1.93. The van der Waals surface area contributed by atoms with E-state index in [4.69, 9.17) is 4.74 Å². The molecule has 0 atom stereocenters. The van der Waals surface area contributed by atoms with Gasteiger partial charge in [-0.3, -0.25) is 9.36 Å². The van der Waals surface area contributed by atoms with E-state index in [0.29, 0.717) is 5.52 Å². The SMILES string of the molecule is COc1ccc(-n2c(-c3ccccc3)cc3c4ccccc4n(C)c3c2=O)cc1. The van der Waals surface area contributed by atoms with Gasteiger partial charge in [-0.15, -0.1) is 0 Å². The summed E-state index contributed by atoms with van der Waals surface area (Å²) in [6.07, 6.45) is 0. The molecule has 4 heteroatoms. The molecule has 0 saturated heterocycles. The standard InChI is InChI=1S/C25H20N2O2/c1-26-22-11-7-6-10-20(22)21-16-23(17-8-4-3-5-9-17)27(25(28)24(21)26)18-12-14-19(29-2)15-13-18/h3-16H,1-2H3. The van der Waals surface area contributed by atoms with Crippen LogP contribution in [0.25, 0.3) is 38.8 Å². The van der Waals surface area contributed by atoms with Gasteiger partial charge in [-0.2, -0.15) is 0 Å². The maximum atomic E-state index is 13.8. The highest BCUT2D eigenvalue weighted by Crippen LogP contribution is 2.31. The third-order valence-corrected chi connectivity index (χ3v) is 5.47. The van der Waals surface area contributed by atoms with Gasteiger partial charge in [-0.1, -0.05) is 48.5 Å². The molecule has 0 aliphatic rings. The second-order valence-corrected chi connectivity index (χ2v) is 7.07. The van der Waals surface area contributed by atoms with Gasteiger partial charge in [0.15, 0.2) is 0 Å². The number of hydrogen-bond acceptors (Lipinski definition) is 2. The van der Waals surface area contributed by atoms with Gasteiger partial charge in [0, 0.05) is 29.0 Å². The molecule has 0 spiro atoms. The number of methoxy groups -OCH3 is 1. The summed E-state index contributed by atoms with van der Waals surface area (Å²) in [6.45, 7) is 0. The maximum Gasteiger partial charge on any atom is 0.280 e. The van der Waals surface area contributed by atoms with Gasteiger partial charge in [0.05, 0.1) is 12.8 Å². The molecule has 5 rings (SSSR count). The monoisotopic (exact) mass is 380 g/mol. The smallest absolute Gasteiger partial charge is 0.280 e. The first-order valence-corrected chi connectivity index (χ1v) is 9.52. The first-order valence-electron chi connectivity index (χ1n) is 9.52. The van der Waals surface area contributed by atoms with E-state index in [9.17, 15) is 4.79 Å². The predicted octanol–water partition coefficient (Wildman–Crippen LogP) is 5.16. The Morgan fingerprint density at radius 3 is 2.21 bits per heavy atom. The minimum Gasteiger partial charge on any atom is -0.497 e. The van der Waals surface area contributed by atoms with Gasteiger partial charge >= 0.3 is 0 Å². The van der Waals surface area contributed by atoms with E-state index in [1.54, 1.807) is 11.7 Å². The first kappa shape index (κ1) is 17.3. The summed E-state index contributed by atoms with van der Waals surface area (Å²) in [5, 5.41) is 2.05. The molecule has 3 aromatic carbocycles. The Morgan fingerprint density at radius 1 is 0.793 bits per heavy atom. The van der Waals surface area contributed by atoms with Crippen molar-refractivity contribution in [3.05, 3.63) is 95.3 Å². The molecule has 0 unspecified atom stereocenters. The van der Waals surface area contributed by atoms with Crippen molar-refractivity contribution < 1.29 is 4.74 Å². The third kappa shape index (κ3) is 2.64. The molecule has 0 aliphatic heterocycles. The van der Waals surface area contributed by atoms with E-state index in [1.807, 2.05) is 78.3 Å². The van der Waals surface area contributed by atoms with Crippen LogP contribution >= 0.6 is 0 Å². The van der Waals surface area contributed by atoms with E-state index in [-0.39, 0.29) is 5.56 Å². The van der Waals surface area contributed by atoms with Crippen LogP contribution in [-0.2, 0) is 7.05 Å². The highest BCUT2D eigenvalue weighted by Gasteiger charge is 2.18. The average molecular weight is 380 g/mol. The van der Waals surface area contributed by atoms with Crippen molar-refractivity contribution in [2.75, 3.05) is 7.11 Å². The molecule has 2 heterocycles. The molecule has 0 radical (unpaired) electrons. The number of pyridine rings is 1. The van der Waals surface area contributed by atoms with Crippen LogP contribution in [0.15, 0.2) is 89.7 Å². The van der Waals surface area contributed by atoms with E-state index in [1.165, 1.54) is 0 Å². The minimum absolute atomic E-state index is 0.0368. The fourth-order valence-corrected chi connectivity index (χ4v) is 4.05. The van der Waals surface area contributed by atoms with Crippen LogP contribution in [0, 0.1) is 0 Å². The highest BCUT2D eigenvalue weighted by atomic mass is 16.5. The average Bonchev–Trinajstić information content (AvgIpc) is 3.07. The molecule has 0 N–H and O–H groups in total. The molecule has 0 aliphatic carbocycles. The summed E-state index contributed by atoms with van der Waals surface area (Å²) >= 11 is 0. The number of hydrogen-bond donors (Lipinski definition) is 0. The zero-order valence-electron chi connectivity index (χ0n) is 16.3. The normalized spacial score (nSPS) is 11.2. The minimum atomic E-state index is -0.0368. The molecule has 29 heavy (non-hydrogen) atoms. The van der Waals surface area contributed by atoms with Crippen LogP contribution < -0.4 is 10.3 Å². The molecular weight excluding hydrogens is 360 g/mol. The Labute approximate surface area is 168 Å². The largest absolute Gasteiger partial charge is 0.497 e. The zero-order valence-corrected chi connectivity index (χ0v) is 16.3. The number of ether oxygens (including phenoxy) is 1. The third-order valence-electron chi connectivity index (χ3n) is 5.47. The van der Waals surface area contributed by atoms with E-state index in [0.717, 1.165) is 39.0 Å².